The number of carbonyl (C=O) groups is 1. The Hall–Kier alpha value is -1.83. The molecule has 2 aromatic rings. The summed E-state index contributed by atoms with van der Waals surface area (Å²) in [4.78, 5) is 12.3. The van der Waals surface area contributed by atoms with Crippen LogP contribution in [0, 0.1) is 5.92 Å². The van der Waals surface area contributed by atoms with Crippen LogP contribution in [0.2, 0.25) is 0 Å². The van der Waals surface area contributed by atoms with Crippen molar-refractivity contribution >= 4 is 16.7 Å². The number of carbonyl (C=O) groups excluding carboxylic acids is 1. The third-order valence-electron chi connectivity index (χ3n) is 3.96. The lowest BCUT2D eigenvalue weighted by Crippen LogP contribution is -2.29. The van der Waals surface area contributed by atoms with Crippen LogP contribution in [0.1, 0.15) is 49.9 Å². The molecule has 0 heterocycles. The monoisotopic (exact) mass is 283 g/mol. The number of fused-ring (bicyclic) bond motifs is 1. The molecule has 2 rings (SSSR count). The highest BCUT2D eigenvalue weighted by atomic mass is 16.1. The first-order valence-electron chi connectivity index (χ1n) is 8.01. The molecule has 1 amide bonds. The fourth-order valence-electron chi connectivity index (χ4n) is 2.83. The predicted molar refractivity (Wildman–Crippen MR) is 89.6 cm³/mol. The van der Waals surface area contributed by atoms with Gasteiger partial charge in [-0.3, -0.25) is 4.79 Å². The zero-order valence-corrected chi connectivity index (χ0v) is 13.1. The SMILES string of the molecule is CCCC(CCC)CNC(=O)c1ccc2ccccc2c1. The quantitative estimate of drug-likeness (QED) is 0.778. The second-order valence-electron chi connectivity index (χ2n) is 5.72. The fourth-order valence-corrected chi connectivity index (χ4v) is 2.83. The Morgan fingerprint density at radius 2 is 1.67 bits per heavy atom. The average Bonchev–Trinajstić information content (AvgIpc) is 2.52. The summed E-state index contributed by atoms with van der Waals surface area (Å²) in [6.45, 7) is 5.19. The minimum absolute atomic E-state index is 0.0398. The van der Waals surface area contributed by atoms with Crippen molar-refractivity contribution in [3.63, 3.8) is 0 Å². The normalized spacial score (nSPS) is 11.0. The molecule has 0 spiro atoms. The van der Waals surface area contributed by atoms with Crippen LogP contribution in [0.3, 0.4) is 0 Å². The van der Waals surface area contributed by atoms with Crippen molar-refractivity contribution in [1.82, 2.24) is 5.32 Å². The van der Waals surface area contributed by atoms with Gasteiger partial charge >= 0.3 is 0 Å². The molecule has 0 aliphatic heterocycles. The van der Waals surface area contributed by atoms with Crippen molar-refractivity contribution in [2.45, 2.75) is 39.5 Å². The van der Waals surface area contributed by atoms with Crippen LogP contribution in [0.4, 0.5) is 0 Å². The third-order valence-corrected chi connectivity index (χ3v) is 3.96. The molecule has 2 heteroatoms. The van der Waals surface area contributed by atoms with Crippen molar-refractivity contribution in [3.05, 3.63) is 48.0 Å². The van der Waals surface area contributed by atoms with Crippen molar-refractivity contribution < 1.29 is 4.79 Å². The van der Waals surface area contributed by atoms with Gasteiger partial charge in [0.05, 0.1) is 0 Å². The van der Waals surface area contributed by atoms with E-state index in [1.807, 2.05) is 36.4 Å². The Balaban J connectivity index is 2.01. The summed E-state index contributed by atoms with van der Waals surface area (Å²) >= 11 is 0. The maximum absolute atomic E-state index is 12.3. The molecular formula is C19H25NO. The first-order valence-corrected chi connectivity index (χ1v) is 8.01. The lowest BCUT2D eigenvalue weighted by molar-refractivity contribution is 0.0945. The van der Waals surface area contributed by atoms with Crippen molar-refractivity contribution in [1.29, 1.82) is 0 Å². The molecule has 2 aromatic carbocycles. The van der Waals surface area contributed by atoms with Gasteiger partial charge in [-0.1, -0.05) is 57.0 Å². The molecule has 0 saturated heterocycles. The van der Waals surface area contributed by atoms with Crippen LogP contribution in [-0.2, 0) is 0 Å². The van der Waals surface area contributed by atoms with E-state index in [4.69, 9.17) is 0 Å². The molecule has 112 valence electrons. The Morgan fingerprint density at radius 1 is 1.00 bits per heavy atom. The standard InChI is InChI=1S/C19H25NO/c1-3-7-15(8-4-2)14-20-19(21)18-12-11-16-9-5-6-10-17(16)13-18/h5-6,9-13,15H,3-4,7-8,14H2,1-2H3,(H,20,21). The molecule has 0 aliphatic rings. The predicted octanol–water partition coefficient (Wildman–Crippen LogP) is 4.79. The molecule has 0 bridgehead atoms. The van der Waals surface area contributed by atoms with Gasteiger partial charge in [0, 0.05) is 12.1 Å². The number of amides is 1. The van der Waals surface area contributed by atoms with Crippen molar-refractivity contribution in [2.75, 3.05) is 6.54 Å². The first-order chi connectivity index (χ1) is 10.2. The third kappa shape index (κ3) is 4.32. The van der Waals surface area contributed by atoms with E-state index >= 15 is 0 Å². The van der Waals surface area contributed by atoms with E-state index in [-0.39, 0.29) is 5.91 Å². The van der Waals surface area contributed by atoms with Crippen LogP contribution in [-0.4, -0.2) is 12.5 Å². The van der Waals surface area contributed by atoms with E-state index in [0.29, 0.717) is 5.92 Å². The topological polar surface area (TPSA) is 29.1 Å². The van der Waals surface area contributed by atoms with E-state index in [2.05, 4.69) is 25.2 Å². The van der Waals surface area contributed by atoms with Crippen LogP contribution in [0.15, 0.2) is 42.5 Å². The maximum Gasteiger partial charge on any atom is 0.251 e. The average molecular weight is 283 g/mol. The fraction of sp³-hybridized carbons (Fsp3) is 0.421. The molecule has 0 radical (unpaired) electrons. The van der Waals surface area contributed by atoms with Crippen LogP contribution >= 0.6 is 0 Å². The van der Waals surface area contributed by atoms with Gasteiger partial charge in [0.25, 0.3) is 5.91 Å². The molecule has 1 N–H and O–H groups in total. The Labute approximate surface area is 127 Å². The zero-order valence-electron chi connectivity index (χ0n) is 13.1. The minimum atomic E-state index is 0.0398. The van der Waals surface area contributed by atoms with Gasteiger partial charge in [-0.15, -0.1) is 0 Å². The minimum Gasteiger partial charge on any atom is -0.352 e. The highest BCUT2D eigenvalue weighted by molar-refractivity contribution is 5.98. The molecule has 0 atom stereocenters. The molecule has 0 fully saturated rings. The number of benzene rings is 2. The Bertz CT molecular complexity index is 585. The van der Waals surface area contributed by atoms with E-state index in [1.165, 1.54) is 31.1 Å². The van der Waals surface area contributed by atoms with Gasteiger partial charge in [0.1, 0.15) is 0 Å². The Morgan fingerprint density at radius 3 is 2.33 bits per heavy atom. The molecule has 0 saturated carbocycles. The van der Waals surface area contributed by atoms with Gasteiger partial charge in [-0.05, 0) is 41.7 Å². The van der Waals surface area contributed by atoms with E-state index in [1.54, 1.807) is 0 Å². The molecule has 0 unspecified atom stereocenters. The highest BCUT2D eigenvalue weighted by Crippen LogP contribution is 2.16. The first kappa shape index (κ1) is 15.6. The summed E-state index contributed by atoms with van der Waals surface area (Å²) in [5.74, 6) is 0.641. The number of rotatable bonds is 7. The largest absolute Gasteiger partial charge is 0.352 e. The second-order valence-corrected chi connectivity index (χ2v) is 5.72. The summed E-state index contributed by atoms with van der Waals surface area (Å²) in [5, 5.41) is 5.38. The molecular weight excluding hydrogens is 258 g/mol. The molecule has 21 heavy (non-hydrogen) atoms. The van der Waals surface area contributed by atoms with Crippen LogP contribution in [0.25, 0.3) is 10.8 Å². The lowest BCUT2D eigenvalue weighted by Gasteiger charge is -2.16. The van der Waals surface area contributed by atoms with E-state index in [0.717, 1.165) is 17.5 Å². The van der Waals surface area contributed by atoms with Gasteiger partial charge < -0.3 is 5.32 Å². The second kappa shape index (κ2) is 7.82. The molecule has 0 aromatic heterocycles. The van der Waals surface area contributed by atoms with Crippen molar-refractivity contribution in [2.24, 2.45) is 5.92 Å². The van der Waals surface area contributed by atoms with Crippen molar-refractivity contribution in [3.8, 4) is 0 Å². The van der Waals surface area contributed by atoms with E-state index < -0.39 is 0 Å². The summed E-state index contributed by atoms with van der Waals surface area (Å²) in [5.41, 5.74) is 0.750. The van der Waals surface area contributed by atoms with Gasteiger partial charge in [0.2, 0.25) is 0 Å². The summed E-state index contributed by atoms with van der Waals surface area (Å²) < 4.78 is 0. The summed E-state index contributed by atoms with van der Waals surface area (Å²) in [7, 11) is 0. The van der Waals surface area contributed by atoms with Crippen LogP contribution < -0.4 is 5.32 Å². The van der Waals surface area contributed by atoms with E-state index in [9.17, 15) is 4.79 Å². The lowest BCUT2D eigenvalue weighted by atomic mass is 9.98. The molecule has 2 nitrogen and oxygen atoms in total. The molecule has 0 aliphatic carbocycles. The number of hydrogen-bond donors (Lipinski definition) is 1. The Kier molecular flexibility index (Phi) is 5.79. The highest BCUT2D eigenvalue weighted by Gasteiger charge is 2.10. The summed E-state index contributed by atoms with van der Waals surface area (Å²) in [6.07, 6.45) is 4.73. The number of nitrogens with one attached hydrogen (secondary N) is 1. The smallest absolute Gasteiger partial charge is 0.251 e. The zero-order chi connectivity index (χ0) is 15.1. The summed E-state index contributed by atoms with van der Waals surface area (Å²) in [6, 6.07) is 14.0. The van der Waals surface area contributed by atoms with Gasteiger partial charge in [-0.25, -0.2) is 0 Å². The van der Waals surface area contributed by atoms with Gasteiger partial charge in [0.15, 0.2) is 0 Å². The number of hydrogen-bond acceptors (Lipinski definition) is 1. The van der Waals surface area contributed by atoms with Gasteiger partial charge in [-0.2, -0.15) is 0 Å². The van der Waals surface area contributed by atoms with Crippen LogP contribution in [0.5, 0.6) is 0 Å². The maximum atomic E-state index is 12.3.